The zero-order chi connectivity index (χ0) is 15.9. The molecule has 22 heavy (non-hydrogen) atoms. The van der Waals surface area contributed by atoms with Gasteiger partial charge in [-0.2, -0.15) is 0 Å². The molecule has 1 aromatic carbocycles. The summed E-state index contributed by atoms with van der Waals surface area (Å²) in [6.45, 7) is 3.81. The second kappa shape index (κ2) is 5.46. The first-order valence-electron chi connectivity index (χ1n) is 6.77. The summed E-state index contributed by atoms with van der Waals surface area (Å²) < 4.78 is 10.2. The lowest BCUT2D eigenvalue weighted by atomic mass is 10.1. The molecule has 3 rings (SSSR count). The number of benzene rings is 1. The SMILES string of the molecule is COC(=O)c1c(N[C@@H]2OC(=O)c3ccccc32)sc(C)c1C. The van der Waals surface area contributed by atoms with Crippen molar-refractivity contribution in [1.82, 2.24) is 0 Å². The predicted octanol–water partition coefficient (Wildman–Crippen LogP) is 3.43. The number of carbonyl (C=O) groups excluding carboxylic acids is 2. The van der Waals surface area contributed by atoms with Crippen molar-refractivity contribution >= 4 is 28.3 Å². The van der Waals surface area contributed by atoms with E-state index in [1.807, 2.05) is 26.0 Å². The van der Waals surface area contributed by atoms with Gasteiger partial charge in [0.1, 0.15) is 5.00 Å². The number of hydrogen-bond donors (Lipinski definition) is 1. The Kier molecular flexibility index (Phi) is 3.62. The van der Waals surface area contributed by atoms with E-state index in [1.165, 1.54) is 18.4 Å². The summed E-state index contributed by atoms with van der Waals surface area (Å²) in [5.74, 6) is -0.764. The van der Waals surface area contributed by atoms with Crippen LogP contribution in [-0.2, 0) is 9.47 Å². The molecule has 2 aromatic rings. The highest BCUT2D eigenvalue weighted by atomic mass is 32.1. The van der Waals surface area contributed by atoms with Crippen LogP contribution in [0.15, 0.2) is 24.3 Å². The van der Waals surface area contributed by atoms with E-state index in [4.69, 9.17) is 9.47 Å². The van der Waals surface area contributed by atoms with Crippen LogP contribution in [0.2, 0.25) is 0 Å². The molecule has 0 fully saturated rings. The van der Waals surface area contributed by atoms with Crippen LogP contribution in [0.5, 0.6) is 0 Å². The molecule has 0 aliphatic carbocycles. The van der Waals surface area contributed by atoms with Crippen LogP contribution in [-0.4, -0.2) is 19.0 Å². The van der Waals surface area contributed by atoms with E-state index in [0.717, 1.165) is 16.0 Å². The van der Waals surface area contributed by atoms with Gasteiger partial charge < -0.3 is 14.8 Å². The molecule has 1 aromatic heterocycles. The molecule has 0 saturated heterocycles. The number of carbonyl (C=O) groups is 2. The van der Waals surface area contributed by atoms with E-state index in [1.54, 1.807) is 12.1 Å². The molecular weight excluding hydrogens is 302 g/mol. The molecule has 0 bridgehead atoms. The minimum atomic E-state index is -0.593. The summed E-state index contributed by atoms with van der Waals surface area (Å²) >= 11 is 1.44. The molecule has 0 saturated carbocycles. The molecule has 2 heterocycles. The van der Waals surface area contributed by atoms with Crippen molar-refractivity contribution in [2.75, 3.05) is 12.4 Å². The summed E-state index contributed by atoms with van der Waals surface area (Å²) in [6.07, 6.45) is -0.593. The second-order valence-electron chi connectivity index (χ2n) is 5.00. The van der Waals surface area contributed by atoms with Gasteiger partial charge in [-0.05, 0) is 25.5 Å². The zero-order valence-corrected chi connectivity index (χ0v) is 13.2. The number of methoxy groups -OCH3 is 1. The Bertz CT molecular complexity index is 766. The van der Waals surface area contributed by atoms with Gasteiger partial charge in [0, 0.05) is 10.4 Å². The van der Waals surface area contributed by atoms with E-state index in [9.17, 15) is 9.59 Å². The Hall–Kier alpha value is -2.34. The fraction of sp³-hybridized carbons (Fsp3) is 0.250. The molecule has 1 aliphatic rings. The fourth-order valence-corrected chi connectivity index (χ4v) is 3.51. The first-order valence-corrected chi connectivity index (χ1v) is 7.59. The highest BCUT2D eigenvalue weighted by Gasteiger charge is 2.32. The van der Waals surface area contributed by atoms with Gasteiger partial charge in [0.15, 0.2) is 0 Å². The number of hydrogen-bond acceptors (Lipinski definition) is 6. The molecule has 114 valence electrons. The summed E-state index contributed by atoms with van der Waals surface area (Å²) in [5.41, 5.74) is 2.68. The van der Waals surface area contributed by atoms with Crippen LogP contribution in [0, 0.1) is 13.8 Å². The number of rotatable bonds is 3. The van der Waals surface area contributed by atoms with E-state index in [2.05, 4.69) is 5.32 Å². The van der Waals surface area contributed by atoms with E-state index in [-0.39, 0.29) is 5.97 Å². The maximum absolute atomic E-state index is 12.0. The van der Waals surface area contributed by atoms with Gasteiger partial charge in [-0.25, -0.2) is 9.59 Å². The second-order valence-corrected chi connectivity index (χ2v) is 6.22. The Morgan fingerprint density at radius 3 is 2.77 bits per heavy atom. The zero-order valence-electron chi connectivity index (χ0n) is 12.4. The first-order chi connectivity index (χ1) is 10.5. The molecule has 0 spiro atoms. The molecule has 0 radical (unpaired) electrons. The number of cyclic esters (lactones) is 1. The van der Waals surface area contributed by atoms with Crippen molar-refractivity contribution in [3.8, 4) is 0 Å². The third kappa shape index (κ3) is 2.25. The molecular formula is C16H15NO4S. The van der Waals surface area contributed by atoms with Gasteiger partial charge in [-0.15, -0.1) is 11.3 Å². The van der Waals surface area contributed by atoms with Crippen LogP contribution < -0.4 is 5.32 Å². The van der Waals surface area contributed by atoms with Crippen molar-refractivity contribution in [3.05, 3.63) is 51.4 Å². The number of esters is 2. The Labute approximate surface area is 131 Å². The number of thiophene rings is 1. The first kappa shape index (κ1) is 14.6. The normalized spacial score (nSPS) is 16.1. The average molecular weight is 317 g/mol. The lowest BCUT2D eigenvalue weighted by Gasteiger charge is -2.14. The van der Waals surface area contributed by atoms with E-state index in [0.29, 0.717) is 16.1 Å². The highest BCUT2D eigenvalue weighted by molar-refractivity contribution is 7.16. The molecule has 1 aliphatic heterocycles. The predicted molar refractivity (Wildman–Crippen MR) is 83.4 cm³/mol. The topological polar surface area (TPSA) is 64.6 Å². The van der Waals surface area contributed by atoms with Crippen LogP contribution in [0.3, 0.4) is 0 Å². The smallest absolute Gasteiger partial charge is 0.341 e. The minimum absolute atomic E-state index is 0.363. The number of aryl methyl sites for hydroxylation is 1. The fourth-order valence-electron chi connectivity index (χ4n) is 2.45. The molecule has 6 heteroatoms. The average Bonchev–Trinajstić information content (AvgIpc) is 2.97. The summed E-state index contributed by atoms with van der Waals surface area (Å²) in [6, 6.07) is 7.21. The van der Waals surface area contributed by atoms with Gasteiger partial charge in [-0.1, -0.05) is 18.2 Å². The largest absolute Gasteiger partial charge is 0.465 e. The van der Waals surface area contributed by atoms with Crippen molar-refractivity contribution in [1.29, 1.82) is 0 Å². The van der Waals surface area contributed by atoms with Gasteiger partial charge in [0.05, 0.1) is 18.2 Å². The van der Waals surface area contributed by atoms with E-state index >= 15 is 0 Å². The Morgan fingerprint density at radius 1 is 1.32 bits per heavy atom. The standard InChI is InChI=1S/C16H15NO4S/c1-8-9(2)22-14(12(8)16(19)20-3)17-13-10-6-4-5-7-11(10)15(18)21-13/h4-7,13,17H,1-3H3/t13-/m1/s1. The quantitative estimate of drug-likeness (QED) is 0.879. The third-order valence-electron chi connectivity index (χ3n) is 3.73. The van der Waals surface area contributed by atoms with Crippen molar-refractivity contribution < 1.29 is 19.1 Å². The van der Waals surface area contributed by atoms with Gasteiger partial charge in [0.25, 0.3) is 0 Å². The van der Waals surface area contributed by atoms with Crippen LogP contribution in [0.25, 0.3) is 0 Å². The monoisotopic (exact) mass is 317 g/mol. The molecule has 1 atom stereocenters. The Morgan fingerprint density at radius 2 is 2.05 bits per heavy atom. The lowest BCUT2D eigenvalue weighted by Crippen LogP contribution is -2.13. The van der Waals surface area contributed by atoms with Crippen LogP contribution in [0.4, 0.5) is 5.00 Å². The van der Waals surface area contributed by atoms with Crippen molar-refractivity contribution in [3.63, 3.8) is 0 Å². The minimum Gasteiger partial charge on any atom is -0.465 e. The summed E-state index contributed by atoms with van der Waals surface area (Å²) in [4.78, 5) is 24.9. The van der Waals surface area contributed by atoms with Gasteiger partial charge in [-0.3, -0.25) is 0 Å². The number of fused-ring (bicyclic) bond motifs is 1. The number of ether oxygens (including phenoxy) is 2. The summed E-state index contributed by atoms with van der Waals surface area (Å²) in [5, 5.41) is 3.80. The van der Waals surface area contributed by atoms with Crippen molar-refractivity contribution in [2.45, 2.75) is 20.1 Å². The van der Waals surface area contributed by atoms with Crippen molar-refractivity contribution in [2.24, 2.45) is 0 Å². The maximum Gasteiger partial charge on any atom is 0.341 e. The van der Waals surface area contributed by atoms with Crippen LogP contribution >= 0.6 is 11.3 Å². The molecule has 5 nitrogen and oxygen atoms in total. The molecule has 1 N–H and O–H groups in total. The Balaban J connectivity index is 1.97. The lowest BCUT2D eigenvalue weighted by molar-refractivity contribution is 0.0437. The van der Waals surface area contributed by atoms with Gasteiger partial charge >= 0.3 is 11.9 Å². The number of anilines is 1. The third-order valence-corrected chi connectivity index (χ3v) is 4.86. The number of nitrogens with one attached hydrogen (secondary N) is 1. The van der Waals surface area contributed by atoms with E-state index < -0.39 is 12.2 Å². The van der Waals surface area contributed by atoms with Gasteiger partial charge in [0.2, 0.25) is 6.23 Å². The highest BCUT2D eigenvalue weighted by Crippen LogP contribution is 2.38. The maximum atomic E-state index is 12.0. The molecule has 0 unspecified atom stereocenters. The molecule has 0 amide bonds. The summed E-state index contributed by atoms with van der Waals surface area (Å²) in [7, 11) is 1.35. The van der Waals surface area contributed by atoms with Crippen LogP contribution in [0.1, 0.15) is 42.9 Å².